The van der Waals surface area contributed by atoms with E-state index in [1.807, 2.05) is 0 Å². The fourth-order valence-corrected chi connectivity index (χ4v) is 4.65. The second kappa shape index (κ2) is 9.93. The van der Waals surface area contributed by atoms with E-state index in [2.05, 4.69) is 72.3 Å². The minimum Gasteiger partial charge on any atom is -0.379 e. The number of rotatable bonds is 7. The third kappa shape index (κ3) is 4.64. The summed E-state index contributed by atoms with van der Waals surface area (Å²) in [5, 5.41) is 15.8. The number of carbonyl (C=O) groups is 1. The SMILES string of the molecule is C=CC(=O)N1CC(N/C(C2=CCN(c3cccc4cccc(C)c34)CC2)=C(\C#N)COC)C1. The molecule has 170 valence electrons. The highest BCUT2D eigenvalue weighted by Gasteiger charge is 2.31. The van der Waals surface area contributed by atoms with E-state index < -0.39 is 0 Å². The van der Waals surface area contributed by atoms with Crippen LogP contribution in [0.5, 0.6) is 0 Å². The van der Waals surface area contributed by atoms with Crippen LogP contribution in [0, 0.1) is 18.3 Å². The van der Waals surface area contributed by atoms with Crippen molar-refractivity contribution < 1.29 is 9.53 Å². The number of likely N-dealkylation sites (tertiary alicyclic amines) is 1. The van der Waals surface area contributed by atoms with Crippen molar-refractivity contribution in [2.75, 3.05) is 44.8 Å². The maximum Gasteiger partial charge on any atom is 0.246 e. The van der Waals surface area contributed by atoms with Crippen LogP contribution < -0.4 is 10.2 Å². The number of hydrogen-bond donors (Lipinski definition) is 1. The Kier molecular flexibility index (Phi) is 6.81. The molecule has 2 aliphatic heterocycles. The Balaban J connectivity index is 1.56. The van der Waals surface area contributed by atoms with Gasteiger partial charge in [-0.05, 0) is 42.0 Å². The zero-order valence-corrected chi connectivity index (χ0v) is 19.3. The van der Waals surface area contributed by atoms with Gasteiger partial charge in [-0.15, -0.1) is 0 Å². The summed E-state index contributed by atoms with van der Waals surface area (Å²) in [7, 11) is 1.60. The van der Waals surface area contributed by atoms with Gasteiger partial charge in [-0.25, -0.2) is 0 Å². The molecule has 1 saturated heterocycles. The lowest BCUT2D eigenvalue weighted by atomic mass is 9.97. The third-order valence-corrected chi connectivity index (χ3v) is 6.40. The van der Waals surface area contributed by atoms with Gasteiger partial charge in [0.25, 0.3) is 0 Å². The van der Waals surface area contributed by atoms with Crippen molar-refractivity contribution in [2.24, 2.45) is 0 Å². The number of nitrogens with zero attached hydrogens (tertiary/aromatic N) is 3. The average Bonchev–Trinajstić information content (AvgIpc) is 2.82. The summed E-state index contributed by atoms with van der Waals surface area (Å²) in [5.41, 5.74) is 5.09. The van der Waals surface area contributed by atoms with Crippen molar-refractivity contribution in [2.45, 2.75) is 19.4 Å². The van der Waals surface area contributed by atoms with Crippen LogP contribution in [0.3, 0.4) is 0 Å². The molecule has 2 aromatic carbocycles. The molecular formula is C27H30N4O2. The van der Waals surface area contributed by atoms with Gasteiger partial charge in [-0.2, -0.15) is 5.26 Å². The molecule has 0 radical (unpaired) electrons. The van der Waals surface area contributed by atoms with Crippen LogP contribution in [-0.4, -0.2) is 56.7 Å². The smallest absolute Gasteiger partial charge is 0.246 e. The first kappa shape index (κ1) is 22.6. The fraction of sp³-hybridized carbons (Fsp3) is 0.333. The van der Waals surface area contributed by atoms with Gasteiger partial charge in [0.2, 0.25) is 5.91 Å². The number of benzene rings is 2. The summed E-state index contributed by atoms with van der Waals surface area (Å²) in [6.45, 7) is 8.81. The molecule has 0 unspecified atom stereocenters. The van der Waals surface area contributed by atoms with Crippen molar-refractivity contribution in [1.82, 2.24) is 10.2 Å². The molecule has 33 heavy (non-hydrogen) atoms. The number of allylic oxidation sites excluding steroid dienone is 1. The molecule has 2 aliphatic rings. The molecule has 2 aromatic rings. The number of ether oxygens (including phenoxy) is 1. The molecule has 2 heterocycles. The lowest BCUT2D eigenvalue weighted by Gasteiger charge is -2.41. The van der Waals surface area contributed by atoms with Crippen LogP contribution in [0.15, 0.2) is 72.0 Å². The van der Waals surface area contributed by atoms with Crippen molar-refractivity contribution in [3.63, 3.8) is 0 Å². The van der Waals surface area contributed by atoms with E-state index in [0.29, 0.717) is 18.7 Å². The number of fused-ring (bicyclic) bond motifs is 1. The summed E-state index contributed by atoms with van der Waals surface area (Å²) in [6.07, 6.45) is 4.37. The number of methoxy groups -OCH3 is 1. The van der Waals surface area contributed by atoms with Crippen LogP contribution in [-0.2, 0) is 9.53 Å². The van der Waals surface area contributed by atoms with Gasteiger partial charge in [0, 0.05) is 44.4 Å². The van der Waals surface area contributed by atoms with Gasteiger partial charge in [0.15, 0.2) is 0 Å². The molecule has 6 heteroatoms. The van der Waals surface area contributed by atoms with E-state index >= 15 is 0 Å². The van der Waals surface area contributed by atoms with E-state index in [1.165, 1.54) is 28.1 Å². The second-order valence-corrected chi connectivity index (χ2v) is 8.56. The zero-order valence-electron chi connectivity index (χ0n) is 19.3. The Morgan fingerprint density at radius 1 is 1.30 bits per heavy atom. The Morgan fingerprint density at radius 3 is 2.70 bits per heavy atom. The Hall–Kier alpha value is -3.56. The normalized spacial score (nSPS) is 17.1. The number of anilines is 1. The molecule has 1 N–H and O–H groups in total. The summed E-state index contributed by atoms with van der Waals surface area (Å²) in [5.74, 6) is -0.0612. The van der Waals surface area contributed by atoms with Crippen molar-refractivity contribution in [3.05, 3.63) is 77.5 Å². The highest BCUT2D eigenvalue weighted by atomic mass is 16.5. The van der Waals surface area contributed by atoms with Crippen LogP contribution in [0.2, 0.25) is 0 Å². The highest BCUT2D eigenvalue weighted by Crippen LogP contribution is 2.32. The molecule has 0 atom stereocenters. The van der Waals surface area contributed by atoms with Crippen LogP contribution in [0.4, 0.5) is 5.69 Å². The largest absolute Gasteiger partial charge is 0.379 e. The number of nitrogens with one attached hydrogen (secondary N) is 1. The Bertz CT molecular complexity index is 1160. The summed E-state index contributed by atoms with van der Waals surface area (Å²) < 4.78 is 5.29. The van der Waals surface area contributed by atoms with Gasteiger partial charge >= 0.3 is 0 Å². The molecule has 0 spiro atoms. The lowest BCUT2D eigenvalue weighted by molar-refractivity contribution is -0.130. The predicted molar refractivity (Wildman–Crippen MR) is 132 cm³/mol. The van der Waals surface area contributed by atoms with Gasteiger partial charge in [-0.3, -0.25) is 4.79 Å². The first-order chi connectivity index (χ1) is 16.0. The van der Waals surface area contributed by atoms with Gasteiger partial charge in [0.05, 0.1) is 30.0 Å². The zero-order chi connectivity index (χ0) is 23.4. The van der Waals surface area contributed by atoms with E-state index in [4.69, 9.17) is 4.74 Å². The molecule has 0 saturated carbocycles. The number of amides is 1. The quantitative estimate of drug-likeness (QED) is 0.523. The van der Waals surface area contributed by atoms with Crippen LogP contribution in [0.25, 0.3) is 10.8 Å². The maximum absolute atomic E-state index is 11.8. The maximum atomic E-state index is 11.8. The van der Waals surface area contributed by atoms with Crippen LogP contribution >= 0.6 is 0 Å². The van der Waals surface area contributed by atoms with Crippen molar-refractivity contribution in [3.8, 4) is 6.07 Å². The summed E-state index contributed by atoms with van der Waals surface area (Å²) in [4.78, 5) is 15.9. The first-order valence-corrected chi connectivity index (χ1v) is 11.3. The van der Waals surface area contributed by atoms with Gasteiger partial charge < -0.3 is 19.9 Å². The monoisotopic (exact) mass is 442 g/mol. The molecule has 0 aliphatic carbocycles. The first-order valence-electron chi connectivity index (χ1n) is 11.3. The van der Waals surface area contributed by atoms with Crippen molar-refractivity contribution >= 4 is 22.4 Å². The lowest BCUT2D eigenvalue weighted by Crippen LogP contribution is -2.59. The second-order valence-electron chi connectivity index (χ2n) is 8.56. The van der Waals surface area contributed by atoms with E-state index in [-0.39, 0.29) is 18.6 Å². The number of hydrogen-bond acceptors (Lipinski definition) is 5. The minimum absolute atomic E-state index is 0.0612. The van der Waals surface area contributed by atoms with Crippen LogP contribution in [0.1, 0.15) is 12.0 Å². The Labute approximate surface area is 195 Å². The number of nitriles is 1. The highest BCUT2D eigenvalue weighted by molar-refractivity contribution is 5.97. The fourth-order valence-electron chi connectivity index (χ4n) is 4.65. The van der Waals surface area contributed by atoms with E-state index in [1.54, 1.807) is 12.0 Å². The molecule has 4 rings (SSSR count). The molecule has 0 aromatic heterocycles. The third-order valence-electron chi connectivity index (χ3n) is 6.40. The average molecular weight is 443 g/mol. The molecule has 1 fully saturated rings. The summed E-state index contributed by atoms with van der Waals surface area (Å²) >= 11 is 0. The molecule has 6 nitrogen and oxygen atoms in total. The predicted octanol–water partition coefficient (Wildman–Crippen LogP) is 3.70. The molecule has 0 bridgehead atoms. The Morgan fingerprint density at radius 2 is 2.06 bits per heavy atom. The summed E-state index contributed by atoms with van der Waals surface area (Å²) in [6, 6.07) is 15.3. The van der Waals surface area contributed by atoms with Gasteiger partial charge in [-0.1, -0.05) is 43.0 Å². The number of aryl methyl sites for hydroxylation is 1. The molecule has 1 amide bonds. The standard InChI is InChI=1S/C27H30N4O2/c1-4-25(32)31-16-23(17-31)29-27(22(15-28)18-33-3)21-11-13-30(14-12-21)24-10-6-9-20-8-5-7-19(2)26(20)24/h4-11,23,29H,1,12-14,16-18H2,2-3H3/b27-22+. The van der Waals surface area contributed by atoms with E-state index in [9.17, 15) is 10.1 Å². The minimum atomic E-state index is -0.0612. The number of carbonyl (C=O) groups excluding carboxylic acids is 1. The van der Waals surface area contributed by atoms with Gasteiger partial charge in [0.1, 0.15) is 0 Å². The molecular weight excluding hydrogens is 412 g/mol. The van der Waals surface area contributed by atoms with Crippen molar-refractivity contribution in [1.29, 1.82) is 5.26 Å². The van der Waals surface area contributed by atoms with E-state index in [0.717, 1.165) is 30.8 Å². The topological polar surface area (TPSA) is 68.6 Å².